The van der Waals surface area contributed by atoms with E-state index in [-0.39, 0.29) is 11.9 Å². The van der Waals surface area contributed by atoms with E-state index in [9.17, 15) is 4.79 Å². The number of hydrogen-bond donors (Lipinski definition) is 0. The summed E-state index contributed by atoms with van der Waals surface area (Å²) in [6.07, 6.45) is 1.02. The zero-order valence-corrected chi connectivity index (χ0v) is 15.5. The average molecular weight is 341 g/mol. The second-order valence-electron chi connectivity index (χ2n) is 7.10. The summed E-state index contributed by atoms with van der Waals surface area (Å²) in [5, 5.41) is 0.958. The Labute approximate surface area is 147 Å². The molecule has 1 amide bonds. The second kappa shape index (κ2) is 5.67. The minimum absolute atomic E-state index is 0.0685. The van der Waals surface area contributed by atoms with Gasteiger partial charge in [0.15, 0.2) is 0 Å². The summed E-state index contributed by atoms with van der Waals surface area (Å²) >= 11 is 1.60. The maximum atomic E-state index is 13.3. The van der Waals surface area contributed by atoms with Crippen LogP contribution in [0.2, 0.25) is 0 Å². The van der Waals surface area contributed by atoms with Crippen molar-refractivity contribution < 1.29 is 4.79 Å². The smallest absolute Gasteiger partial charge is 0.278 e. The van der Waals surface area contributed by atoms with Gasteiger partial charge in [-0.2, -0.15) is 0 Å². The molecule has 0 N–H and O–H groups in total. The summed E-state index contributed by atoms with van der Waals surface area (Å²) in [6, 6.07) is 6.75. The highest BCUT2D eigenvalue weighted by atomic mass is 32.1. The molecule has 0 spiro atoms. The van der Waals surface area contributed by atoms with Gasteiger partial charge in [-0.3, -0.25) is 4.79 Å². The van der Waals surface area contributed by atoms with E-state index in [0.717, 1.165) is 35.1 Å². The Morgan fingerprint density at radius 3 is 2.79 bits per heavy atom. The lowest BCUT2D eigenvalue weighted by molar-refractivity contribution is 0.0960. The third-order valence-corrected chi connectivity index (χ3v) is 6.16. The number of carbonyl (C=O) groups is 1. The molecule has 2 aromatic rings. The van der Waals surface area contributed by atoms with Gasteiger partial charge in [-0.1, -0.05) is 17.7 Å². The third-order valence-electron chi connectivity index (χ3n) is 5.28. The molecule has 0 saturated carbocycles. The Morgan fingerprint density at radius 2 is 2.08 bits per heavy atom. The quantitative estimate of drug-likeness (QED) is 0.796. The van der Waals surface area contributed by atoms with Crippen molar-refractivity contribution in [3.8, 4) is 0 Å². The predicted octanol–water partition coefficient (Wildman–Crippen LogP) is 3.52. The summed E-state index contributed by atoms with van der Waals surface area (Å²) in [4.78, 5) is 23.3. The van der Waals surface area contributed by atoms with Crippen molar-refractivity contribution in [3.05, 3.63) is 44.9 Å². The number of aromatic nitrogens is 1. The Balaban J connectivity index is 1.80. The number of carbonyl (C=O) groups excluding carboxylic acids is 1. The van der Waals surface area contributed by atoms with E-state index in [1.807, 2.05) is 18.7 Å². The van der Waals surface area contributed by atoms with Crippen LogP contribution in [0.3, 0.4) is 0 Å². The Morgan fingerprint density at radius 1 is 1.29 bits per heavy atom. The monoisotopic (exact) mass is 341 g/mol. The number of likely N-dealkylation sites (tertiary alicyclic amines) is 1. The molecule has 2 atom stereocenters. The number of fused-ring (bicyclic) bond motifs is 3. The molecule has 1 aromatic heterocycles. The Bertz CT molecular complexity index is 813. The van der Waals surface area contributed by atoms with Crippen LogP contribution in [0.15, 0.2) is 18.2 Å². The maximum absolute atomic E-state index is 13.3. The molecule has 24 heavy (non-hydrogen) atoms. The lowest BCUT2D eigenvalue weighted by atomic mass is 9.89. The Kier molecular flexibility index (Phi) is 3.73. The van der Waals surface area contributed by atoms with Gasteiger partial charge in [0, 0.05) is 29.1 Å². The molecule has 2 aliphatic heterocycles. The molecule has 0 radical (unpaired) electrons. The van der Waals surface area contributed by atoms with Crippen molar-refractivity contribution in [2.45, 2.75) is 39.2 Å². The first kappa shape index (κ1) is 15.8. The maximum Gasteiger partial charge on any atom is 0.278 e. The molecule has 1 aromatic carbocycles. The molecule has 4 rings (SSSR count). The van der Waals surface area contributed by atoms with Crippen LogP contribution < -0.4 is 4.90 Å². The van der Waals surface area contributed by atoms with Crippen molar-refractivity contribution in [2.24, 2.45) is 0 Å². The fourth-order valence-corrected chi connectivity index (χ4v) is 5.00. The largest absolute Gasteiger partial charge is 0.306 e. The second-order valence-corrected chi connectivity index (χ2v) is 8.51. The van der Waals surface area contributed by atoms with E-state index < -0.39 is 0 Å². The number of nitrogens with zero attached hydrogens (tertiary/aromatic N) is 3. The first-order valence-corrected chi connectivity index (χ1v) is 9.34. The minimum Gasteiger partial charge on any atom is -0.306 e. The van der Waals surface area contributed by atoms with Crippen molar-refractivity contribution in [1.82, 2.24) is 9.88 Å². The number of aryl methyl sites for hydroxylation is 3. The topological polar surface area (TPSA) is 36.4 Å². The van der Waals surface area contributed by atoms with Gasteiger partial charge in [-0.15, -0.1) is 11.3 Å². The normalized spacial score (nSPS) is 23.2. The molecule has 1 saturated heterocycles. The van der Waals surface area contributed by atoms with Crippen LogP contribution in [0.1, 0.15) is 43.8 Å². The van der Waals surface area contributed by atoms with E-state index >= 15 is 0 Å². The lowest BCUT2D eigenvalue weighted by Gasteiger charge is -2.36. The van der Waals surface area contributed by atoms with Gasteiger partial charge < -0.3 is 9.80 Å². The highest BCUT2D eigenvalue weighted by molar-refractivity contribution is 7.11. The molecular formula is C19H23N3OS. The van der Waals surface area contributed by atoms with E-state index in [1.165, 1.54) is 11.1 Å². The molecule has 126 valence electrons. The molecule has 4 nitrogen and oxygen atoms in total. The number of amides is 1. The van der Waals surface area contributed by atoms with Gasteiger partial charge in [-0.25, -0.2) is 4.98 Å². The van der Waals surface area contributed by atoms with Gasteiger partial charge in [0.25, 0.3) is 5.91 Å². The van der Waals surface area contributed by atoms with Crippen LogP contribution in [-0.4, -0.2) is 42.0 Å². The van der Waals surface area contributed by atoms with Gasteiger partial charge in [0.1, 0.15) is 5.69 Å². The molecule has 3 heterocycles. The summed E-state index contributed by atoms with van der Waals surface area (Å²) in [5.41, 5.74) is 4.30. The molecule has 0 unspecified atom stereocenters. The first-order valence-electron chi connectivity index (χ1n) is 8.52. The number of piperidine rings is 1. The van der Waals surface area contributed by atoms with Crippen LogP contribution in [0, 0.1) is 20.8 Å². The fraction of sp³-hybridized carbons (Fsp3) is 0.474. The van der Waals surface area contributed by atoms with Gasteiger partial charge in [0.05, 0.1) is 5.01 Å². The fourth-order valence-electron chi connectivity index (χ4n) is 4.19. The number of thiazole rings is 1. The average Bonchev–Trinajstić information content (AvgIpc) is 3.03. The van der Waals surface area contributed by atoms with Crippen LogP contribution in [0.5, 0.6) is 0 Å². The zero-order valence-electron chi connectivity index (χ0n) is 14.7. The predicted molar refractivity (Wildman–Crippen MR) is 98.2 cm³/mol. The molecule has 5 heteroatoms. The van der Waals surface area contributed by atoms with E-state index in [0.29, 0.717) is 11.6 Å². The highest BCUT2D eigenvalue weighted by Crippen LogP contribution is 2.45. The van der Waals surface area contributed by atoms with E-state index in [1.54, 1.807) is 11.3 Å². The number of rotatable bonds is 1. The van der Waals surface area contributed by atoms with E-state index in [4.69, 9.17) is 0 Å². The number of hydrogen-bond acceptors (Lipinski definition) is 4. The van der Waals surface area contributed by atoms with Gasteiger partial charge in [-0.05, 0) is 52.4 Å². The first-order chi connectivity index (χ1) is 11.5. The highest BCUT2D eigenvalue weighted by Gasteiger charge is 2.44. The number of likely N-dealkylation sites (N-methyl/N-ethyl adjacent to an activating group) is 1. The molecule has 1 fully saturated rings. The Hall–Kier alpha value is -1.72. The van der Waals surface area contributed by atoms with Crippen LogP contribution in [-0.2, 0) is 0 Å². The van der Waals surface area contributed by atoms with Crippen molar-refractivity contribution in [2.75, 3.05) is 25.0 Å². The summed E-state index contributed by atoms with van der Waals surface area (Å²) in [7, 11) is 2.17. The number of anilines is 1. The van der Waals surface area contributed by atoms with Gasteiger partial charge >= 0.3 is 0 Å². The molecule has 2 aliphatic rings. The van der Waals surface area contributed by atoms with Crippen molar-refractivity contribution in [3.63, 3.8) is 0 Å². The third kappa shape index (κ3) is 2.38. The van der Waals surface area contributed by atoms with Crippen LogP contribution in [0.25, 0.3) is 0 Å². The van der Waals surface area contributed by atoms with Crippen LogP contribution >= 0.6 is 11.3 Å². The minimum atomic E-state index is 0.0685. The lowest BCUT2D eigenvalue weighted by Crippen LogP contribution is -2.47. The van der Waals surface area contributed by atoms with Crippen LogP contribution in [0.4, 0.5) is 5.69 Å². The van der Waals surface area contributed by atoms with E-state index in [2.05, 4.69) is 42.1 Å². The molecule has 0 aliphatic carbocycles. The SMILES string of the molecule is Cc1ccc2c(c1)[C@@H]1CN(C)CC[C@@H]1N2C(=O)c1nc(C)sc1C. The number of benzene rings is 1. The standard InChI is InChI=1S/C19H23N3OS/c1-11-5-6-16-14(9-11)15-10-21(4)8-7-17(15)22(16)19(23)18-12(2)24-13(3)20-18/h5-6,9,15,17H,7-8,10H2,1-4H3/t15-,17-/m0/s1. The van der Waals surface area contributed by atoms with Crippen molar-refractivity contribution in [1.29, 1.82) is 0 Å². The molecular weight excluding hydrogens is 318 g/mol. The summed E-state index contributed by atoms with van der Waals surface area (Å²) in [6.45, 7) is 8.14. The molecule has 0 bridgehead atoms. The summed E-state index contributed by atoms with van der Waals surface area (Å²) in [5.74, 6) is 0.474. The van der Waals surface area contributed by atoms with Gasteiger partial charge in [0.2, 0.25) is 0 Å². The van der Waals surface area contributed by atoms with Crippen molar-refractivity contribution >= 4 is 22.9 Å². The zero-order chi connectivity index (χ0) is 17.0. The summed E-state index contributed by atoms with van der Waals surface area (Å²) < 4.78 is 0.